The summed E-state index contributed by atoms with van der Waals surface area (Å²) in [6, 6.07) is 7.70. The minimum Gasteiger partial charge on any atom is -0.481 e. The Hall–Kier alpha value is -1.25. The molecule has 0 aliphatic carbocycles. The summed E-state index contributed by atoms with van der Waals surface area (Å²) in [6.07, 6.45) is 0.560. The third-order valence-corrected chi connectivity index (χ3v) is 5.18. The molecule has 22 heavy (non-hydrogen) atoms. The van der Waals surface area contributed by atoms with Crippen molar-refractivity contribution in [3.8, 4) is 0 Å². The van der Waals surface area contributed by atoms with Crippen LogP contribution < -0.4 is 5.19 Å². The molecule has 0 saturated carbocycles. The topological polar surface area (TPSA) is 74.2 Å². The number of hydrogen-bond donors (Lipinski definition) is 1. The second-order valence-electron chi connectivity index (χ2n) is 4.65. The van der Waals surface area contributed by atoms with Crippen LogP contribution in [-0.2, 0) is 29.5 Å². The summed E-state index contributed by atoms with van der Waals surface area (Å²) in [5.74, 6) is -0.811. The molecule has 0 amide bonds. The zero-order chi connectivity index (χ0) is 16.2. The summed E-state index contributed by atoms with van der Waals surface area (Å²) in [5, 5.41) is 9.85. The highest BCUT2D eigenvalue weighted by Crippen LogP contribution is 2.05. The third-order valence-electron chi connectivity index (χ3n) is 3.03. The maximum atomic E-state index is 10.8. The first-order valence-electron chi connectivity index (χ1n) is 7.19. The van der Waals surface area contributed by atoms with Crippen LogP contribution in [0.5, 0.6) is 0 Å². The monoisotopic (exact) mass is 328 g/mol. The van der Waals surface area contributed by atoms with Gasteiger partial charge in [-0.25, -0.2) is 0 Å². The van der Waals surface area contributed by atoms with Gasteiger partial charge >= 0.3 is 15.3 Å². The predicted molar refractivity (Wildman–Crippen MR) is 84.8 cm³/mol. The van der Waals surface area contributed by atoms with Gasteiger partial charge in [-0.3, -0.25) is 4.79 Å². The van der Waals surface area contributed by atoms with E-state index in [4.69, 9.17) is 23.4 Å². The fraction of sp³-hybridized carbons (Fsp3) is 0.533. The van der Waals surface area contributed by atoms with Crippen LogP contribution in [0.2, 0.25) is 0 Å². The molecule has 0 fully saturated rings. The maximum absolute atomic E-state index is 10.8. The van der Waals surface area contributed by atoms with E-state index < -0.39 is 15.3 Å². The molecule has 1 aromatic carbocycles. The first-order valence-corrected chi connectivity index (χ1v) is 8.71. The van der Waals surface area contributed by atoms with E-state index in [1.165, 1.54) is 0 Å². The number of aliphatic carboxylic acids is 1. The molecule has 0 radical (unpaired) electrons. The van der Waals surface area contributed by atoms with Crippen molar-refractivity contribution in [2.75, 3.05) is 40.6 Å². The van der Waals surface area contributed by atoms with E-state index in [1.54, 1.807) is 14.2 Å². The highest BCUT2D eigenvalue weighted by Gasteiger charge is 2.20. The number of ether oxygens (including phenoxy) is 2. The summed E-state index contributed by atoms with van der Waals surface area (Å²) in [6.45, 7) is 1.89. The van der Waals surface area contributed by atoms with Gasteiger partial charge in [0, 0.05) is 20.6 Å². The van der Waals surface area contributed by atoms with Gasteiger partial charge < -0.3 is 23.4 Å². The zero-order valence-corrected chi connectivity index (χ0v) is 14.3. The Kier molecular flexibility index (Phi) is 9.68. The van der Waals surface area contributed by atoms with Crippen LogP contribution in [0.3, 0.4) is 0 Å². The van der Waals surface area contributed by atoms with Crippen LogP contribution >= 0.6 is 0 Å². The highest BCUT2D eigenvalue weighted by atomic mass is 28.3. The van der Waals surface area contributed by atoms with E-state index >= 15 is 0 Å². The standard InChI is InChI=1S/C15H24O6Si/c1-18-9-11-20-22(21-12-10-19-2)14-6-4-3-5-13(14)7-8-15(16)17/h3-6,22H,7-12H2,1-2H3,(H,16,17). The molecule has 7 heteroatoms. The van der Waals surface area contributed by atoms with Crippen molar-refractivity contribution in [2.45, 2.75) is 12.8 Å². The van der Waals surface area contributed by atoms with Crippen molar-refractivity contribution in [3.63, 3.8) is 0 Å². The van der Waals surface area contributed by atoms with Gasteiger partial charge in [0.25, 0.3) is 0 Å². The zero-order valence-electron chi connectivity index (χ0n) is 13.1. The molecule has 0 aliphatic rings. The fourth-order valence-corrected chi connectivity index (χ4v) is 3.83. The van der Waals surface area contributed by atoms with E-state index in [1.807, 2.05) is 24.3 Å². The normalized spacial score (nSPS) is 11.0. The van der Waals surface area contributed by atoms with Crippen LogP contribution in [0.1, 0.15) is 12.0 Å². The molecule has 1 N–H and O–H groups in total. The summed E-state index contributed by atoms with van der Waals surface area (Å²) in [7, 11) is 1.12. The quantitative estimate of drug-likeness (QED) is 0.444. The number of carboxylic acid groups (broad SMARTS) is 1. The second-order valence-corrected chi connectivity index (χ2v) is 6.60. The molecule has 6 nitrogen and oxygen atoms in total. The van der Waals surface area contributed by atoms with Crippen molar-refractivity contribution >= 4 is 20.4 Å². The molecule has 0 spiro atoms. The van der Waals surface area contributed by atoms with Crippen LogP contribution in [-0.4, -0.2) is 61.0 Å². The number of hydrogen-bond acceptors (Lipinski definition) is 5. The predicted octanol–water partition coefficient (Wildman–Crippen LogP) is 0.457. The summed E-state index contributed by atoms with van der Waals surface area (Å²) in [5.41, 5.74) is 0.969. The van der Waals surface area contributed by atoms with Gasteiger partial charge in [-0.15, -0.1) is 0 Å². The molecule has 0 saturated heterocycles. The minimum atomic E-state index is -2.11. The van der Waals surface area contributed by atoms with Gasteiger partial charge in [0.05, 0.1) is 26.4 Å². The van der Waals surface area contributed by atoms with E-state index in [0.29, 0.717) is 32.8 Å². The fourth-order valence-electron chi connectivity index (χ4n) is 1.94. The maximum Gasteiger partial charge on any atom is 0.356 e. The number of carbonyl (C=O) groups is 1. The van der Waals surface area contributed by atoms with E-state index in [0.717, 1.165) is 10.8 Å². The number of methoxy groups -OCH3 is 2. The first-order chi connectivity index (χ1) is 10.7. The Morgan fingerprint density at radius 1 is 1.05 bits per heavy atom. The van der Waals surface area contributed by atoms with Gasteiger partial charge in [-0.05, 0) is 17.2 Å². The molecule has 1 aromatic rings. The molecular weight excluding hydrogens is 304 g/mol. The SMILES string of the molecule is COCCO[SiH](OCCOC)c1ccccc1CCC(=O)O. The summed E-state index contributed by atoms with van der Waals surface area (Å²) < 4.78 is 21.7. The van der Waals surface area contributed by atoms with E-state index in [-0.39, 0.29) is 6.42 Å². The lowest BCUT2D eigenvalue weighted by atomic mass is 10.1. The lowest BCUT2D eigenvalue weighted by molar-refractivity contribution is -0.136. The number of carboxylic acids is 1. The Balaban J connectivity index is 2.78. The number of benzene rings is 1. The smallest absolute Gasteiger partial charge is 0.356 e. The molecule has 0 bridgehead atoms. The van der Waals surface area contributed by atoms with Gasteiger partial charge in [-0.2, -0.15) is 0 Å². The minimum absolute atomic E-state index is 0.0915. The molecule has 0 unspecified atom stereocenters. The molecule has 0 aliphatic heterocycles. The second kappa shape index (κ2) is 11.3. The van der Waals surface area contributed by atoms with Gasteiger partial charge in [-0.1, -0.05) is 24.3 Å². The van der Waals surface area contributed by atoms with Crippen molar-refractivity contribution in [3.05, 3.63) is 29.8 Å². The van der Waals surface area contributed by atoms with Crippen molar-refractivity contribution in [1.82, 2.24) is 0 Å². The summed E-state index contributed by atoms with van der Waals surface area (Å²) in [4.78, 5) is 10.8. The Bertz CT molecular complexity index is 430. The average molecular weight is 328 g/mol. The van der Waals surface area contributed by atoms with Gasteiger partial charge in [0.1, 0.15) is 0 Å². The lowest BCUT2D eigenvalue weighted by Gasteiger charge is -2.19. The molecule has 124 valence electrons. The first kappa shape index (κ1) is 18.8. The van der Waals surface area contributed by atoms with Crippen LogP contribution in [0.4, 0.5) is 0 Å². The Labute approximate surface area is 132 Å². The average Bonchev–Trinajstić information content (AvgIpc) is 2.52. The molecular formula is C15H24O6Si. The van der Waals surface area contributed by atoms with Crippen LogP contribution in [0.25, 0.3) is 0 Å². The van der Waals surface area contributed by atoms with Crippen molar-refractivity contribution in [1.29, 1.82) is 0 Å². The van der Waals surface area contributed by atoms with Crippen LogP contribution in [0.15, 0.2) is 24.3 Å². The molecule has 1 rings (SSSR count). The largest absolute Gasteiger partial charge is 0.481 e. The van der Waals surface area contributed by atoms with Gasteiger partial charge in [0.2, 0.25) is 0 Å². The highest BCUT2D eigenvalue weighted by molar-refractivity contribution is 6.61. The van der Waals surface area contributed by atoms with Crippen molar-refractivity contribution < 1.29 is 28.2 Å². The number of rotatable bonds is 12. The molecule has 0 atom stereocenters. The van der Waals surface area contributed by atoms with E-state index in [2.05, 4.69) is 0 Å². The van der Waals surface area contributed by atoms with E-state index in [9.17, 15) is 4.79 Å². The molecule has 0 heterocycles. The third kappa shape index (κ3) is 7.14. The van der Waals surface area contributed by atoms with Crippen molar-refractivity contribution in [2.24, 2.45) is 0 Å². The summed E-state index contributed by atoms with van der Waals surface area (Å²) >= 11 is 0. The Morgan fingerprint density at radius 3 is 2.18 bits per heavy atom. The number of aryl methyl sites for hydroxylation is 1. The van der Waals surface area contributed by atoms with Gasteiger partial charge in [0.15, 0.2) is 0 Å². The van der Waals surface area contributed by atoms with Crippen LogP contribution in [0, 0.1) is 0 Å². The lowest BCUT2D eigenvalue weighted by Crippen LogP contribution is -2.40. The Morgan fingerprint density at radius 2 is 1.64 bits per heavy atom. The molecule has 0 aromatic heterocycles.